The maximum Gasteiger partial charge on any atom is 0.143 e. The summed E-state index contributed by atoms with van der Waals surface area (Å²) >= 11 is 3.50. The van der Waals surface area contributed by atoms with E-state index in [-0.39, 0.29) is 5.41 Å². The number of nitrogens with zero attached hydrogens (tertiary/aromatic N) is 3. The summed E-state index contributed by atoms with van der Waals surface area (Å²) in [5.74, 6) is 0. The first-order valence-electron chi connectivity index (χ1n) is 6.77. The van der Waals surface area contributed by atoms with Crippen LogP contribution >= 0.6 is 15.9 Å². The molecule has 1 heterocycles. The van der Waals surface area contributed by atoms with Gasteiger partial charge in [-0.15, -0.1) is 0 Å². The van der Waals surface area contributed by atoms with Crippen molar-refractivity contribution in [2.24, 2.45) is 7.05 Å². The van der Waals surface area contributed by atoms with Gasteiger partial charge < -0.3 is 5.32 Å². The molecule has 0 amide bonds. The smallest absolute Gasteiger partial charge is 0.143 e. The SMILES string of the molecule is Cn1cc(C(C#N)Nc2ccccc2Br)c(C(C)(C)C)n1. The van der Waals surface area contributed by atoms with E-state index >= 15 is 0 Å². The van der Waals surface area contributed by atoms with Crippen LogP contribution in [-0.2, 0) is 12.5 Å². The number of halogens is 1. The number of aryl methyl sites for hydroxylation is 1. The van der Waals surface area contributed by atoms with Gasteiger partial charge in [-0.3, -0.25) is 4.68 Å². The molecule has 2 aromatic rings. The van der Waals surface area contributed by atoms with Crippen LogP contribution < -0.4 is 5.32 Å². The molecule has 0 spiro atoms. The molecule has 1 aromatic heterocycles. The Labute approximate surface area is 133 Å². The molecule has 1 unspecified atom stereocenters. The average Bonchev–Trinajstić information content (AvgIpc) is 2.80. The Balaban J connectivity index is 2.40. The second kappa shape index (κ2) is 5.90. The van der Waals surface area contributed by atoms with Gasteiger partial charge in [-0.1, -0.05) is 32.9 Å². The largest absolute Gasteiger partial charge is 0.365 e. The topological polar surface area (TPSA) is 53.6 Å². The van der Waals surface area contributed by atoms with E-state index in [1.807, 2.05) is 37.5 Å². The number of nitriles is 1. The van der Waals surface area contributed by atoms with Gasteiger partial charge >= 0.3 is 0 Å². The summed E-state index contributed by atoms with van der Waals surface area (Å²) in [5.41, 5.74) is 2.65. The van der Waals surface area contributed by atoms with E-state index < -0.39 is 6.04 Å². The minimum absolute atomic E-state index is 0.110. The van der Waals surface area contributed by atoms with Crippen molar-refractivity contribution < 1.29 is 0 Å². The van der Waals surface area contributed by atoms with Gasteiger partial charge in [-0.2, -0.15) is 10.4 Å². The lowest BCUT2D eigenvalue weighted by Gasteiger charge is -2.20. The van der Waals surface area contributed by atoms with Crippen molar-refractivity contribution in [3.8, 4) is 6.07 Å². The van der Waals surface area contributed by atoms with Gasteiger partial charge in [0, 0.05) is 34.4 Å². The summed E-state index contributed by atoms with van der Waals surface area (Å²) < 4.78 is 2.70. The third-order valence-corrected chi connectivity index (χ3v) is 3.87. The predicted octanol–water partition coefficient (Wildman–Crippen LogP) is 4.16. The van der Waals surface area contributed by atoms with Crippen molar-refractivity contribution in [1.82, 2.24) is 9.78 Å². The third kappa shape index (κ3) is 3.45. The molecule has 4 nitrogen and oxygen atoms in total. The highest BCUT2D eigenvalue weighted by Gasteiger charge is 2.26. The van der Waals surface area contributed by atoms with Crippen LogP contribution in [0.4, 0.5) is 5.69 Å². The monoisotopic (exact) mass is 346 g/mol. The molecule has 21 heavy (non-hydrogen) atoms. The number of hydrogen-bond acceptors (Lipinski definition) is 3. The second-order valence-electron chi connectivity index (χ2n) is 6.04. The summed E-state index contributed by atoms with van der Waals surface area (Å²) in [5, 5.41) is 17.4. The Kier molecular flexibility index (Phi) is 4.38. The molecule has 0 aliphatic rings. The molecule has 1 N–H and O–H groups in total. The van der Waals surface area contributed by atoms with E-state index in [1.54, 1.807) is 4.68 Å². The average molecular weight is 347 g/mol. The molecule has 0 saturated heterocycles. The normalized spacial score (nSPS) is 12.8. The number of nitrogens with one attached hydrogen (secondary N) is 1. The molecule has 0 fully saturated rings. The van der Waals surface area contributed by atoms with Crippen LogP contribution in [0.15, 0.2) is 34.9 Å². The Morgan fingerprint density at radius 2 is 2.00 bits per heavy atom. The van der Waals surface area contributed by atoms with Crippen LogP contribution in [0.2, 0.25) is 0 Å². The summed E-state index contributed by atoms with van der Waals surface area (Å²) in [6.45, 7) is 6.31. The van der Waals surface area contributed by atoms with Crippen LogP contribution in [0.3, 0.4) is 0 Å². The van der Waals surface area contributed by atoms with E-state index in [0.717, 1.165) is 21.4 Å². The lowest BCUT2D eigenvalue weighted by Crippen LogP contribution is -2.18. The van der Waals surface area contributed by atoms with Crippen molar-refractivity contribution in [2.75, 3.05) is 5.32 Å². The number of benzene rings is 1. The van der Waals surface area contributed by atoms with Gasteiger partial charge in [0.1, 0.15) is 6.04 Å². The third-order valence-electron chi connectivity index (χ3n) is 3.18. The fraction of sp³-hybridized carbons (Fsp3) is 0.375. The molecular formula is C16H19BrN4. The van der Waals surface area contributed by atoms with Crippen molar-refractivity contribution >= 4 is 21.6 Å². The minimum atomic E-state index is -0.438. The molecule has 0 aliphatic carbocycles. The fourth-order valence-corrected chi connectivity index (χ4v) is 2.61. The first kappa shape index (κ1) is 15.6. The van der Waals surface area contributed by atoms with E-state index in [1.165, 1.54) is 0 Å². The number of aromatic nitrogens is 2. The standard InChI is InChI=1S/C16H19BrN4/c1-16(2,3)15-11(10-21(4)20-15)14(9-18)19-13-8-6-5-7-12(13)17/h5-8,10,14,19H,1-4H3. The van der Waals surface area contributed by atoms with Crippen LogP contribution in [0, 0.1) is 11.3 Å². The van der Waals surface area contributed by atoms with Crippen molar-refractivity contribution in [2.45, 2.75) is 32.2 Å². The Hall–Kier alpha value is -1.80. The molecule has 110 valence electrons. The first-order valence-corrected chi connectivity index (χ1v) is 7.57. The molecule has 2 rings (SSSR count). The lowest BCUT2D eigenvalue weighted by molar-refractivity contribution is 0.547. The van der Waals surface area contributed by atoms with E-state index in [0.29, 0.717) is 0 Å². The predicted molar refractivity (Wildman–Crippen MR) is 88.0 cm³/mol. The summed E-state index contributed by atoms with van der Waals surface area (Å²) in [6.07, 6.45) is 1.91. The van der Waals surface area contributed by atoms with Crippen LogP contribution in [0.25, 0.3) is 0 Å². The van der Waals surface area contributed by atoms with Crippen molar-refractivity contribution in [1.29, 1.82) is 5.26 Å². The zero-order valence-corrected chi connectivity index (χ0v) is 14.3. The van der Waals surface area contributed by atoms with E-state index in [9.17, 15) is 5.26 Å². The fourth-order valence-electron chi connectivity index (χ4n) is 2.21. The van der Waals surface area contributed by atoms with Gasteiger partial charge in [0.2, 0.25) is 0 Å². The molecule has 0 saturated carbocycles. The van der Waals surface area contributed by atoms with Gasteiger partial charge in [0.05, 0.1) is 11.8 Å². The Bertz CT molecular complexity index is 676. The Morgan fingerprint density at radius 3 is 2.57 bits per heavy atom. The van der Waals surface area contributed by atoms with Gasteiger partial charge in [0.25, 0.3) is 0 Å². The zero-order chi connectivity index (χ0) is 15.6. The van der Waals surface area contributed by atoms with E-state index in [2.05, 4.69) is 53.2 Å². The zero-order valence-electron chi connectivity index (χ0n) is 12.7. The second-order valence-corrected chi connectivity index (χ2v) is 6.90. The van der Waals surface area contributed by atoms with E-state index in [4.69, 9.17) is 0 Å². The lowest BCUT2D eigenvalue weighted by atomic mass is 9.87. The van der Waals surface area contributed by atoms with Gasteiger partial charge in [0.15, 0.2) is 0 Å². The molecule has 1 aromatic carbocycles. The summed E-state index contributed by atoms with van der Waals surface area (Å²) in [7, 11) is 1.88. The highest BCUT2D eigenvalue weighted by Crippen LogP contribution is 2.31. The molecule has 0 radical (unpaired) electrons. The highest BCUT2D eigenvalue weighted by atomic mass is 79.9. The van der Waals surface area contributed by atoms with Crippen LogP contribution in [0.5, 0.6) is 0 Å². The number of para-hydroxylation sites is 1. The maximum absolute atomic E-state index is 9.57. The van der Waals surface area contributed by atoms with Crippen molar-refractivity contribution in [3.63, 3.8) is 0 Å². The molecule has 0 aliphatic heterocycles. The number of hydrogen-bond donors (Lipinski definition) is 1. The number of anilines is 1. The summed E-state index contributed by atoms with van der Waals surface area (Å²) in [6, 6.07) is 9.68. The van der Waals surface area contributed by atoms with Crippen LogP contribution in [-0.4, -0.2) is 9.78 Å². The molecule has 0 bridgehead atoms. The quantitative estimate of drug-likeness (QED) is 0.907. The molecule has 1 atom stereocenters. The van der Waals surface area contributed by atoms with Crippen LogP contribution in [0.1, 0.15) is 38.1 Å². The minimum Gasteiger partial charge on any atom is -0.365 e. The highest BCUT2D eigenvalue weighted by molar-refractivity contribution is 9.10. The number of rotatable bonds is 3. The Morgan fingerprint density at radius 1 is 1.33 bits per heavy atom. The maximum atomic E-state index is 9.57. The van der Waals surface area contributed by atoms with Gasteiger partial charge in [-0.25, -0.2) is 0 Å². The van der Waals surface area contributed by atoms with Gasteiger partial charge in [-0.05, 0) is 28.1 Å². The van der Waals surface area contributed by atoms with Crippen molar-refractivity contribution in [3.05, 3.63) is 46.2 Å². The first-order chi connectivity index (χ1) is 9.82. The molecule has 5 heteroatoms. The summed E-state index contributed by atoms with van der Waals surface area (Å²) in [4.78, 5) is 0. The molecular weight excluding hydrogens is 328 g/mol.